The maximum Gasteiger partial charge on any atom is 0.432 e. The van der Waals surface area contributed by atoms with Crippen molar-refractivity contribution < 1.29 is 13.2 Å². The fourth-order valence-electron chi connectivity index (χ4n) is 0.862. The summed E-state index contributed by atoms with van der Waals surface area (Å²) in [5, 5.41) is 0. The van der Waals surface area contributed by atoms with Crippen molar-refractivity contribution >= 4 is 5.71 Å². The number of halogens is 3. The van der Waals surface area contributed by atoms with Crippen molar-refractivity contribution in [2.75, 3.05) is 0 Å². The van der Waals surface area contributed by atoms with Crippen LogP contribution in [0.25, 0.3) is 0 Å². The number of rotatable bonds is 1. The molecule has 0 aromatic carbocycles. The Hall–Kier alpha value is -0.800. The van der Waals surface area contributed by atoms with Crippen molar-refractivity contribution in [1.82, 2.24) is 0 Å². The van der Waals surface area contributed by atoms with Crippen LogP contribution in [0.4, 0.5) is 13.2 Å². The highest BCUT2D eigenvalue weighted by Crippen LogP contribution is 2.23. The standard InChI is InChI=1S/C7H8F3N/c1-2-5-3-4-6(11-5)7(8,9)10/h3-5H,2H2,1H3. The molecule has 1 aliphatic heterocycles. The van der Waals surface area contributed by atoms with Crippen molar-refractivity contribution in [1.29, 1.82) is 0 Å². The van der Waals surface area contributed by atoms with Crippen molar-refractivity contribution in [3.05, 3.63) is 12.2 Å². The molecule has 1 unspecified atom stereocenters. The Morgan fingerprint density at radius 3 is 2.45 bits per heavy atom. The zero-order valence-corrected chi connectivity index (χ0v) is 6.02. The van der Waals surface area contributed by atoms with Crippen LogP contribution in [0.2, 0.25) is 0 Å². The first kappa shape index (κ1) is 8.30. The van der Waals surface area contributed by atoms with E-state index in [1.54, 1.807) is 6.92 Å². The molecule has 0 aromatic heterocycles. The number of alkyl halides is 3. The van der Waals surface area contributed by atoms with Gasteiger partial charge in [-0.15, -0.1) is 0 Å². The zero-order valence-electron chi connectivity index (χ0n) is 6.02. The molecule has 1 nitrogen and oxygen atoms in total. The Morgan fingerprint density at radius 1 is 1.55 bits per heavy atom. The molecule has 1 aliphatic rings. The van der Waals surface area contributed by atoms with Gasteiger partial charge in [0.15, 0.2) is 0 Å². The lowest BCUT2D eigenvalue weighted by atomic mass is 10.2. The van der Waals surface area contributed by atoms with Gasteiger partial charge < -0.3 is 0 Å². The van der Waals surface area contributed by atoms with Crippen molar-refractivity contribution in [2.24, 2.45) is 4.99 Å². The van der Waals surface area contributed by atoms with Gasteiger partial charge in [-0.25, -0.2) is 0 Å². The molecule has 0 aromatic rings. The molecule has 62 valence electrons. The molecule has 11 heavy (non-hydrogen) atoms. The molecule has 0 fully saturated rings. The number of allylic oxidation sites excluding steroid dienone is 1. The van der Waals surface area contributed by atoms with Gasteiger partial charge in [0.05, 0.1) is 6.04 Å². The Labute approximate surface area is 62.6 Å². The lowest BCUT2D eigenvalue weighted by Gasteiger charge is -2.03. The Kier molecular flexibility index (Phi) is 2.02. The van der Waals surface area contributed by atoms with Gasteiger partial charge in [0, 0.05) is 0 Å². The fraction of sp³-hybridized carbons (Fsp3) is 0.571. The monoisotopic (exact) mass is 163 g/mol. The van der Waals surface area contributed by atoms with Crippen molar-refractivity contribution in [3.63, 3.8) is 0 Å². The Balaban J connectivity index is 2.72. The highest BCUT2D eigenvalue weighted by molar-refractivity contribution is 6.01. The Morgan fingerprint density at radius 2 is 2.18 bits per heavy atom. The molecule has 0 radical (unpaired) electrons. The highest BCUT2D eigenvalue weighted by Gasteiger charge is 2.35. The van der Waals surface area contributed by atoms with E-state index < -0.39 is 11.9 Å². The van der Waals surface area contributed by atoms with E-state index in [9.17, 15) is 13.2 Å². The molecule has 4 heteroatoms. The summed E-state index contributed by atoms with van der Waals surface area (Å²) in [6, 6.07) is -0.272. The third-order valence-corrected chi connectivity index (χ3v) is 1.49. The van der Waals surface area contributed by atoms with Crippen LogP contribution in [0.15, 0.2) is 17.1 Å². The number of hydrogen-bond acceptors (Lipinski definition) is 1. The van der Waals surface area contributed by atoms with Crippen LogP contribution in [0.1, 0.15) is 13.3 Å². The van der Waals surface area contributed by atoms with Crippen LogP contribution in [0.5, 0.6) is 0 Å². The molecule has 0 aliphatic carbocycles. The van der Waals surface area contributed by atoms with E-state index in [1.807, 2.05) is 0 Å². The summed E-state index contributed by atoms with van der Waals surface area (Å²) in [5.74, 6) is 0. The lowest BCUT2D eigenvalue weighted by Crippen LogP contribution is -2.19. The second-order valence-electron chi connectivity index (χ2n) is 2.35. The molecule has 1 rings (SSSR count). The van der Waals surface area contributed by atoms with E-state index in [0.29, 0.717) is 6.42 Å². The minimum atomic E-state index is -4.28. The third-order valence-electron chi connectivity index (χ3n) is 1.49. The maximum atomic E-state index is 11.9. The van der Waals surface area contributed by atoms with Gasteiger partial charge in [-0.3, -0.25) is 4.99 Å². The first-order valence-corrected chi connectivity index (χ1v) is 3.37. The van der Waals surface area contributed by atoms with E-state index in [1.165, 1.54) is 6.08 Å². The van der Waals surface area contributed by atoms with Crippen LogP contribution in [-0.2, 0) is 0 Å². The number of aliphatic imine (C=N–C) groups is 1. The second kappa shape index (κ2) is 2.68. The molecule has 0 N–H and O–H groups in total. The summed E-state index contributed by atoms with van der Waals surface area (Å²) < 4.78 is 35.7. The van der Waals surface area contributed by atoms with Crippen LogP contribution < -0.4 is 0 Å². The summed E-state index contributed by atoms with van der Waals surface area (Å²) >= 11 is 0. The second-order valence-corrected chi connectivity index (χ2v) is 2.35. The van der Waals surface area contributed by atoms with Crippen LogP contribution in [-0.4, -0.2) is 17.9 Å². The molecule has 0 spiro atoms. The molecule has 0 bridgehead atoms. The molecular formula is C7H8F3N. The molecule has 0 saturated carbocycles. The van der Waals surface area contributed by atoms with Crippen LogP contribution in [0, 0.1) is 0 Å². The molecule has 0 amide bonds. The summed E-state index contributed by atoms with van der Waals surface area (Å²) in [6.07, 6.45) is -1.15. The van der Waals surface area contributed by atoms with Crippen molar-refractivity contribution in [3.8, 4) is 0 Å². The first-order chi connectivity index (χ1) is 5.04. The number of nitrogens with zero attached hydrogens (tertiary/aromatic N) is 1. The minimum Gasteiger partial charge on any atom is -0.273 e. The first-order valence-electron chi connectivity index (χ1n) is 3.37. The summed E-state index contributed by atoms with van der Waals surface area (Å²) in [5.41, 5.74) is -0.760. The van der Waals surface area contributed by atoms with E-state index >= 15 is 0 Å². The SMILES string of the molecule is CCC1C=CC(C(F)(F)F)=N1. The van der Waals surface area contributed by atoms with Crippen LogP contribution >= 0.6 is 0 Å². The molecule has 1 heterocycles. The minimum absolute atomic E-state index is 0.272. The molecular weight excluding hydrogens is 155 g/mol. The summed E-state index contributed by atoms with van der Waals surface area (Å²) in [7, 11) is 0. The maximum absolute atomic E-state index is 11.9. The average Bonchev–Trinajstić information content (AvgIpc) is 2.32. The quantitative estimate of drug-likeness (QED) is 0.562. The predicted octanol–water partition coefficient (Wildman–Crippen LogP) is 2.34. The Bertz CT molecular complexity index is 202. The van der Waals surface area contributed by atoms with E-state index in [4.69, 9.17) is 0 Å². The molecule has 0 saturated heterocycles. The van der Waals surface area contributed by atoms with Gasteiger partial charge in [-0.2, -0.15) is 13.2 Å². The predicted molar refractivity (Wildman–Crippen MR) is 36.7 cm³/mol. The van der Waals surface area contributed by atoms with Gasteiger partial charge in [-0.1, -0.05) is 13.0 Å². The topological polar surface area (TPSA) is 12.4 Å². The fourth-order valence-corrected chi connectivity index (χ4v) is 0.862. The van der Waals surface area contributed by atoms with Gasteiger partial charge in [0.2, 0.25) is 0 Å². The van der Waals surface area contributed by atoms with Crippen molar-refractivity contribution in [2.45, 2.75) is 25.6 Å². The lowest BCUT2D eigenvalue weighted by molar-refractivity contribution is -0.0577. The van der Waals surface area contributed by atoms with Gasteiger partial charge >= 0.3 is 6.18 Å². The van der Waals surface area contributed by atoms with Gasteiger partial charge in [0.1, 0.15) is 5.71 Å². The molecule has 1 atom stereocenters. The largest absolute Gasteiger partial charge is 0.432 e. The third kappa shape index (κ3) is 1.82. The van der Waals surface area contributed by atoms with Gasteiger partial charge in [0.25, 0.3) is 0 Å². The van der Waals surface area contributed by atoms with Crippen LogP contribution in [0.3, 0.4) is 0 Å². The van der Waals surface area contributed by atoms with E-state index in [-0.39, 0.29) is 6.04 Å². The number of hydrogen-bond donors (Lipinski definition) is 0. The van der Waals surface area contributed by atoms with E-state index in [0.717, 1.165) is 6.08 Å². The highest BCUT2D eigenvalue weighted by atomic mass is 19.4. The smallest absolute Gasteiger partial charge is 0.273 e. The average molecular weight is 163 g/mol. The van der Waals surface area contributed by atoms with Gasteiger partial charge in [-0.05, 0) is 12.5 Å². The normalized spacial score (nSPS) is 24.0. The summed E-state index contributed by atoms with van der Waals surface area (Å²) in [6.45, 7) is 1.80. The summed E-state index contributed by atoms with van der Waals surface area (Å²) in [4.78, 5) is 3.46. The zero-order chi connectivity index (χ0) is 8.48. The van der Waals surface area contributed by atoms with E-state index in [2.05, 4.69) is 4.99 Å².